The molecule has 0 fully saturated rings. The number of nitrogens with zero attached hydrogens (tertiary/aromatic N) is 1. The van der Waals surface area contributed by atoms with Crippen molar-refractivity contribution >= 4 is 31.9 Å². The molecule has 0 aliphatic heterocycles. The lowest BCUT2D eigenvalue weighted by Gasteiger charge is -2.08. The second-order valence-electron chi connectivity index (χ2n) is 4.80. The number of carbonyl (C=O) groups is 1. The minimum atomic E-state index is -3.62. The van der Waals surface area contributed by atoms with Crippen LogP contribution in [0.4, 0.5) is 4.39 Å². The van der Waals surface area contributed by atoms with Gasteiger partial charge in [-0.3, -0.25) is 4.79 Å². The van der Waals surface area contributed by atoms with Crippen LogP contribution in [-0.2, 0) is 23.6 Å². The lowest BCUT2D eigenvalue weighted by atomic mass is 10.2. The number of benzene rings is 1. The van der Waals surface area contributed by atoms with Gasteiger partial charge in [0.25, 0.3) is 5.91 Å². The van der Waals surface area contributed by atoms with Crippen LogP contribution in [0.25, 0.3) is 0 Å². The van der Waals surface area contributed by atoms with E-state index < -0.39 is 21.7 Å². The maximum atomic E-state index is 13.2. The van der Waals surface area contributed by atoms with Gasteiger partial charge in [-0.15, -0.1) is 0 Å². The van der Waals surface area contributed by atoms with E-state index in [2.05, 4.69) is 26.0 Å². The van der Waals surface area contributed by atoms with E-state index in [-0.39, 0.29) is 17.1 Å². The molecule has 0 saturated carbocycles. The lowest BCUT2D eigenvalue weighted by Crippen LogP contribution is -2.25. The molecule has 2 aromatic rings. The molecule has 2 N–H and O–H groups in total. The molecule has 124 valence electrons. The summed E-state index contributed by atoms with van der Waals surface area (Å²) in [6.07, 6.45) is 1.35. The van der Waals surface area contributed by atoms with Crippen LogP contribution in [-0.4, -0.2) is 25.9 Å². The second-order valence-corrected chi connectivity index (χ2v) is 7.54. The van der Waals surface area contributed by atoms with Crippen molar-refractivity contribution in [3.05, 3.63) is 52.0 Å². The standard InChI is InChI=1S/C14H15BrFN3O3S/c1-17-23(21,22)11-6-13(19(2)8-11)14(20)18-7-9-5-10(16)3-4-12(9)15/h3-6,8,17H,7H2,1-2H3,(H,18,20). The van der Waals surface area contributed by atoms with E-state index in [0.717, 1.165) is 0 Å². The highest BCUT2D eigenvalue weighted by molar-refractivity contribution is 9.10. The molecule has 0 aliphatic carbocycles. The van der Waals surface area contributed by atoms with Gasteiger partial charge in [0.15, 0.2) is 0 Å². The zero-order chi connectivity index (χ0) is 17.2. The van der Waals surface area contributed by atoms with Crippen molar-refractivity contribution in [2.75, 3.05) is 7.05 Å². The molecular formula is C14H15BrFN3O3S. The van der Waals surface area contributed by atoms with E-state index in [9.17, 15) is 17.6 Å². The van der Waals surface area contributed by atoms with Crippen molar-refractivity contribution in [1.82, 2.24) is 14.6 Å². The largest absolute Gasteiger partial charge is 0.347 e. The maximum absolute atomic E-state index is 13.2. The summed E-state index contributed by atoms with van der Waals surface area (Å²) >= 11 is 3.28. The minimum Gasteiger partial charge on any atom is -0.347 e. The van der Waals surface area contributed by atoms with Crippen molar-refractivity contribution in [3.63, 3.8) is 0 Å². The van der Waals surface area contributed by atoms with Gasteiger partial charge in [0.05, 0.1) is 0 Å². The lowest BCUT2D eigenvalue weighted by molar-refractivity contribution is 0.0942. The number of halogens is 2. The predicted molar refractivity (Wildman–Crippen MR) is 86.9 cm³/mol. The van der Waals surface area contributed by atoms with Crippen LogP contribution in [0.5, 0.6) is 0 Å². The van der Waals surface area contributed by atoms with E-state index in [4.69, 9.17) is 0 Å². The monoisotopic (exact) mass is 403 g/mol. The summed E-state index contributed by atoms with van der Waals surface area (Å²) in [5.41, 5.74) is 0.766. The third kappa shape index (κ3) is 3.98. The van der Waals surface area contributed by atoms with E-state index >= 15 is 0 Å². The molecule has 1 aromatic carbocycles. The highest BCUT2D eigenvalue weighted by Crippen LogP contribution is 2.18. The summed E-state index contributed by atoms with van der Waals surface area (Å²) in [4.78, 5) is 12.2. The molecule has 0 aliphatic rings. The smallest absolute Gasteiger partial charge is 0.268 e. The van der Waals surface area contributed by atoms with Gasteiger partial charge in [-0.05, 0) is 36.9 Å². The summed E-state index contributed by atoms with van der Waals surface area (Å²) < 4.78 is 41.0. The molecule has 1 aromatic heterocycles. The van der Waals surface area contributed by atoms with E-state index in [0.29, 0.717) is 10.0 Å². The first-order valence-corrected chi connectivity index (χ1v) is 8.84. The first kappa shape index (κ1) is 17.6. The van der Waals surface area contributed by atoms with Crippen LogP contribution in [0.1, 0.15) is 16.1 Å². The van der Waals surface area contributed by atoms with Crippen molar-refractivity contribution < 1.29 is 17.6 Å². The fourth-order valence-electron chi connectivity index (χ4n) is 1.97. The molecule has 6 nitrogen and oxygen atoms in total. The number of aryl methyl sites for hydroxylation is 1. The zero-order valence-electron chi connectivity index (χ0n) is 12.4. The van der Waals surface area contributed by atoms with E-state index in [1.807, 2.05) is 0 Å². The van der Waals surface area contributed by atoms with Gasteiger partial charge in [-0.25, -0.2) is 17.5 Å². The Bertz CT molecular complexity index is 849. The Morgan fingerprint density at radius 2 is 2.04 bits per heavy atom. The van der Waals surface area contributed by atoms with Gasteiger partial charge in [0.2, 0.25) is 10.0 Å². The fourth-order valence-corrected chi connectivity index (χ4v) is 3.16. The molecule has 9 heteroatoms. The Hall–Kier alpha value is -1.71. The molecule has 1 amide bonds. The SMILES string of the molecule is CNS(=O)(=O)c1cc(C(=O)NCc2cc(F)ccc2Br)n(C)c1. The zero-order valence-corrected chi connectivity index (χ0v) is 14.8. The first-order valence-electron chi connectivity index (χ1n) is 6.56. The van der Waals surface area contributed by atoms with Crippen molar-refractivity contribution in [3.8, 4) is 0 Å². The Balaban J connectivity index is 2.17. The van der Waals surface area contributed by atoms with E-state index in [1.165, 1.54) is 36.0 Å². The molecule has 0 radical (unpaired) electrons. The Labute approximate surface area is 141 Å². The second kappa shape index (κ2) is 6.81. The van der Waals surface area contributed by atoms with Gasteiger partial charge in [-0.1, -0.05) is 15.9 Å². The highest BCUT2D eigenvalue weighted by Gasteiger charge is 2.19. The highest BCUT2D eigenvalue weighted by atomic mass is 79.9. The van der Waals surface area contributed by atoms with Gasteiger partial charge in [-0.2, -0.15) is 0 Å². The molecule has 0 bridgehead atoms. The predicted octanol–water partition coefficient (Wildman–Crippen LogP) is 1.76. The molecule has 23 heavy (non-hydrogen) atoms. The number of rotatable bonds is 5. The summed E-state index contributed by atoms with van der Waals surface area (Å²) in [5, 5.41) is 2.64. The van der Waals surface area contributed by atoms with Crippen LogP contribution in [0, 0.1) is 5.82 Å². The normalized spacial score (nSPS) is 11.5. The van der Waals surface area contributed by atoms with Crippen LogP contribution in [0.3, 0.4) is 0 Å². The number of carbonyl (C=O) groups excluding carboxylic acids is 1. The average Bonchev–Trinajstić information content (AvgIpc) is 2.90. The number of hydrogen-bond donors (Lipinski definition) is 2. The van der Waals surface area contributed by atoms with Crippen molar-refractivity contribution in [1.29, 1.82) is 0 Å². The van der Waals surface area contributed by atoms with Gasteiger partial charge >= 0.3 is 0 Å². The number of aromatic nitrogens is 1. The third-order valence-corrected chi connectivity index (χ3v) is 5.39. The van der Waals surface area contributed by atoms with Gasteiger partial charge in [0.1, 0.15) is 16.4 Å². The van der Waals surface area contributed by atoms with Crippen molar-refractivity contribution in [2.24, 2.45) is 7.05 Å². The summed E-state index contributed by atoms with van der Waals surface area (Å²) in [6.45, 7) is 0.108. The summed E-state index contributed by atoms with van der Waals surface area (Å²) in [7, 11) is -0.754. The van der Waals surface area contributed by atoms with Crippen LogP contribution in [0.15, 0.2) is 39.8 Å². The number of hydrogen-bond acceptors (Lipinski definition) is 3. The third-order valence-electron chi connectivity index (χ3n) is 3.24. The van der Waals surface area contributed by atoms with Crippen LogP contribution >= 0.6 is 15.9 Å². The summed E-state index contributed by atoms with van der Waals surface area (Å²) in [6, 6.07) is 5.45. The number of nitrogens with one attached hydrogen (secondary N) is 2. The Morgan fingerprint density at radius 3 is 2.70 bits per heavy atom. The molecule has 0 saturated heterocycles. The van der Waals surface area contributed by atoms with Crippen LogP contribution < -0.4 is 10.0 Å². The molecular weight excluding hydrogens is 389 g/mol. The first-order chi connectivity index (χ1) is 10.7. The summed E-state index contributed by atoms with van der Waals surface area (Å²) in [5.74, 6) is -0.861. The molecule has 0 spiro atoms. The van der Waals surface area contributed by atoms with Gasteiger partial charge < -0.3 is 9.88 Å². The number of sulfonamides is 1. The Morgan fingerprint density at radius 1 is 1.35 bits per heavy atom. The Kier molecular flexibility index (Phi) is 5.23. The molecule has 0 unspecified atom stereocenters. The van der Waals surface area contributed by atoms with Crippen LogP contribution in [0.2, 0.25) is 0 Å². The molecule has 1 heterocycles. The molecule has 2 rings (SSSR count). The van der Waals surface area contributed by atoms with E-state index in [1.54, 1.807) is 13.1 Å². The maximum Gasteiger partial charge on any atom is 0.268 e. The number of amides is 1. The fraction of sp³-hybridized carbons (Fsp3) is 0.214. The molecule has 0 atom stereocenters. The quantitative estimate of drug-likeness (QED) is 0.797. The minimum absolute atomic E-state index is 0.000383. The van der Waals surface area contributed by atoms with Gasteiger partial charge in [0, 0.05) is 24.3 Å². The average molecular weight is 404 g/mol. The van der Waals surface area contributed by atoms with Crippen molar-refractivity contribution in [2.45, 2.75) is 11.4 Å². The topological polar surface area (TPSA) is 80.2 Å².